The summed E-state index contributed by atoms with van der Waals surface area (Å²) in [4.78, 5) is 19.5. The summed E-state index contributed by atoms with van der Waals surface area (Å²) in [5, 5.41) is 2.92. The number of hydrogen-bond donors (Lipinski definition) is 1. The predicted molar refractivity (Wildman–Crippen MR) is 144 cm³/mol. The fraction of sp³-hybridized carbons (Fsp3) is 0.379. The molecule has 2 heterocycles. The van der Waals surface area contributed by atoms with E-state index < -0.39 is 16.4 Å². The minimum Gasteiger partial charge on any atom is -0.417 e. The van der Waals surface area contributed by atoms with Crippen molar-refractivity contribution in [3.8, 4) is 5.88 Å². The second-order valence-corrected chi connectivity index (χ2v) is 12.2. The van der Waals surface area contributed by atoms with Gasteiger partial charge in [-0.1, -0.05) is 45.0 Å². The molecule has 1 atom stereocenters. The van der Waals surface area contributed by atoms with Crippen LogP contribution in [0.3, 0.4) is 0 Å². The van der Waals surface area contributed by atoms with Gasteiger partial charge in [-0.3, -0.25) is 9.69 Å². The molecule has 208 valence electrons. The maximum absolute atomic E-state index is 12.9. The van der Waals surface area contributed by atoms with Gasteiger partial charge in [0.15, 0.2) is 9.84 Å². The van der Waals surface area contributed by atoms with E-state index in [9.17, 15) is 22.0 Å². The molecule has 4 rings (SSSR count). The van der Waals surface area contributed by atoms with Gasteiger partial charge in [-0.2, -0.15) is 8.78 Å². The molecule has 1 aliphatic rings. The van der Waals surface area contributed by atoms with Crippen LogP contribution in [-0.4, -0.2) is 43.1 Å². The number of sulfone groups is 1. The van der Waals surface area contributed by atoms with Crippen LogP contribution < -0.4 is 10.1 Å². The number of hydrogen-bond acceptors (Lipinski definition) is 6. The first kappa shape index (κ1) is 28.6. The Balaban J connectivity index is 1.42. The van der Waals surface area contributed by atoms with Crippen LogP contribution in [0.2, 0.25) is 0 Å². The SMILES string of the molecule is CCS(=O)(=O)c1ccc(CNC(=O)c2ccc3c(c2)CCN(Cc2ccc(OC(F)F)nc2)C3C(C)C)cc1. The molecule has 2 aromatic carbocycles. The lowest BCUT2D eigenvalue weighted by atomic mass is 9.85. The number of pyridine rings is 1. The number of nitrogens with zero attached hydrogens (tertiary/aromatic N) is 2. The quantitative estimate of drug-likeness (QED) is 0.370. The molecule has 1 aromatic heterocycles. The van der Waals surface area contributed by atoms with Crippen molar-refractivity contribution < 1.29 is 26.7 Å². The van der Waals surface area contributed by atoms with Gasteiger partial charge < -0.3 is 10.1 Å². The van der Waals surface area contributed by atoms with Crippen molar-refractivity contribution in [1.82, 2.24) is 15.2 Å². The Morgan fingerprint density at radius 1 is 1.10 bits per heavy atom. The molecule has 1 N–H and O–H groups in total. The zero-order chi connectivity index (χ0) is 28.2. The van der Waals surface area contributed by atoms with E-state index >= 15 is 0 Å². The number of nitrogens with one attached hydrogen (secondary N) is 1. The molecule has 0 aliphatic carbocycles. The standard InChI is InChI=1S/C29H33F2N3O4S/c1-4-39(36,37)24-9-5-20(6-10-24)16-33-28(35)23-8-11-25-22(15-23)13-14-34(27(25)19(2)3)18-21-7-12-26(32-17-21)38-29(30)31/h5-12,15,17,19,27,29H,4,13-14,16,18H2,1-3H3,(H,33,35). The first-order valence-electron chi connectivity index (χ1n) is 12.9. The lowest BCUT2D eigenvalue weighted by molar-refractivity contribution is -0.0528. The van der Waals surface area contributed by atoms with E-state index in [0.717, 1.165) is 29.7 Å². The molecule has 1 unspecified atom stereocenters. The molecule has 0 saturated carbocycles. The number of aromatic nitrogens is 1. The van der Waals surface area contributed by atoms with Gasteiger partial charge in [0.2, 0.25) is 5.88 Å². The fourth-order valence-corrected chi connectivity index (χ4v) is 5.86. The Kier molecular flexibility index (Phi) is 8.97. The van der Waals surface area contributed by atoms with Crippen LogP contribution >= 0.6 is 0 Å². The van der Waals surface area contributed by atoms with Crippen molar-refractivity contribution in [3.63, 3.8) is 0 Å². The van der Waals surface area contributed by atoms with Gasteiger partial charge in [0, 0.05) is 43.5 Å². The normalized spacial score (nSPS) is 15.8. The Morgan fingerprint density at radius 2 is 1.82 bits per heavy atom. The van der Waals surface area contributed by atoms with Crippen molar-refractivity contribution in [1.29, 1.82) is 0 Å². The first-order valence-corrected chi connectivity index (χ1v) is 14.6. The molecule has 3 aromatic rings. The number of ether oxygens (including phenoxy) is 1. The van der Waals surface area contributed by atoms with Gasteiger partial charge in [-0.05, 0) is 58.9 Å². The highest BCUT2D eigenvalue weighted by atomic mass is 32.2. The summed E-state index contributed by atoms with van der Waals surface area (Å²) in [6.45, 7) is 4.70. The molecule has 0 fully saturated rings. The minimum atomic E-state index is -3.26. The number of benzene rings is 2. The Labute approximate surface area is 228 Å². The number of rotatable bonds is 10. The third-order valence-corrected chi connectivity index (χ3v) is 8.68. The van der Waals surface area contributed by atoms with Crippen LogP contribution in [0.1, 0.15) is 59.4 Å². The van der Waals surface area contributed by atoms with Crippen LogP contribution in [0.15, 0.2) is 65.7 Å². The number of halogens is 2. The Bertz CT molecular complexity index is 1400. The maximum atomic E-state index is 12.9. The molecule has 0 saturated heterocycles. The molecule has 1 aliphatic heterocycles. The highest BCUT2D eigenvalue weighted by molar-refractivity contribution is 7.91. The highest BCUT2D eigenvalue weighted by Crippen LogP contribution is 2.36. The van der Waals surface area contributed by atoms with Gasteiger partial charge in [-0.25, -0.2) is 13.4 Å². The molecule has 39 heavy (non-hydrogen) atoms. The monoisotopic (exact) mass is 557 g/mol. The topological polar surface area (TPSA) is 88.6 Å². The lowest BCUT2D eigenvalue weighted by Crippen LogP contribution is -2.38. The zero-order valence-electron chi connectivity index (χ0n) is 22.2. The Hall–Kier alpha value is -3.37. The van der Waals surface area contributed by atoms with Crippen LogP contribution in [0.25, 0.3) is 0 Å². The lowest BCUT2D eigenvalue weighted by Gasteiger charge is -2.40. The van der Waals surface area contributed by atoms with Gasteiger partial charge in [0.25, 0.3) is 5.91 Å². The van der Waals surface area contributed by atoms with E-state index in [2.05, 4.69) is 33.8 Å². The van der Waals surface area contributed by atoms with E-state index in [0.29, 0.717) is 24.6 Å². The predicted octanol–water partition coefficient (Wildman–Crippen LogP) is 5.16. The van der Waals surface area contributed by atoms with Gasteiger partial charge in [-0.15, -0.1) is 0 Å². The van der Waals surface area contributed by atoms with E-state index in [-0.39, 0.29) is 28.5 Å². The van der Waals surface area contributed by atoms with Gasteiger partial charge in [0.1, 0.15) is 0 Å². The average molecular weight is 558 g/mol. The molecular weight excluding hydrogens is 524 g/mol. The number of alkyl halides is 2. The average Bonchev–Trinajstić information content (AvgIpc) is 2.92. The van der Waals surface area contributed by atoms with Crippen molar-refractivity contribution in [2.24, 2.45) is 5.92 Å². The molecule has 10 heteroatoms. The van der Waals surface area contributed by atoms with E-state index in [4.69, 9.17) is 0 Å². The van der Waals surface area contributed by atoms with E-state index in [1.165, 1.54) is 11.6 Å². The van der Waals surface area contributed by atoms with Gasteiger partial charge >= 0.3 is 6.61 Å². The van der Waals surface area contributed by atoms with Crippen LogP contribution in [-0.2, 0) is 29.3 Å². The second-order valence-electron chi connectivity index (χ2n) is 9.94. The molecular formula is C29H33F2N3O4S. The summed E-state index contributed by atoms with van der Waals surface area (Å²) in [6.07, 6.45) is 2.33. The second kappa shape index (κ2) is 12.2. The molecule has 1 amide bonds. The summed E-state index contributed by atoms with van der Waals surface area (Å²) in [7, 11) is -3.26. The maximum Gasteiger partial charge on any atom is 0.388 e. The van der Waals surface area contributed by atoms with Crippen molar-refractivity contribution >= 4 is 15.7 Å². The Morgan fingerprint density at radius 3 is 2.44 bits per heavy atom. The van der Waals surface area contributed by atoms with Crippen LogP contribution in [0.5, 0.6) is 5.88 Å². The first-order chi connectivity index (χ1) is 18.6. The molecule has 0 spiro atoms. The number of fused-ring (bicyclic) bond motifs is 1. The molecule has 0 bridgehead atoms. The van der Waals surface area contributed by atoms with Crippen molar-refractivity contribution in [2.75, 3.05) is 12.3 Å². The fourth-order valence-electron chi connectivity index (χ4n) is 4.98. The summed E-state index contributed by atoms with van der Waals surface area (Å²) >= 11 is 0. The molecule has 7 nitrogen and oxygen atoms in total. The van der Waals surface area contributed by atoms with Gasteiger partial charge in [0.05, 0.1) is 10.6 Å². The molecule has 0 radical (unpaired) electrons. The number of carbonyl (C=O) groups excluding carboxylic acids is 1. The van der Waals surface area contributed by atoms with Crippen LogP contribution in [0.4, 0.5) is 8.78 Å². The summed E-state index contributed by atoms with van der Waals surface area (Å²) in [5.74, 6) is 0.0481. The summed E-state index contributed by atoms with van der Waals surface area (Å²) in [5.41, 5.74) is 4.60. The van der Waals surface area contributed by atoms with Crippen molar-refractivity contribution in [2.45, 2.75) is 57.8 Å². The zero-order valence-corrected chi connectivity index (χ0v) is 23.0. The van der Waals surface area contributed by atoms with E-state index in [1.807, 2.05) is 18.2 Å². The largest absolute Gasteiger partial charge is 0.417 e. The number of carbonyl (C=O) groups is 1. The third-order valence-electron chi connectivity index (χ3n) is 6.93. The summed E-state index contributed by atoms with van der Waals surface area (Å²) in [6, 6.07) is 15.7. The summed E-state index contributed by atoms with van der Waals surface area (Å²) < 4.78 is 53.2. The van der Waals surface area contributed by atoms with E-state index in [1.54, 1.807) is 43.5 Å². The van der Waals surface area contributed by atoms with Crippen molar-refractivity contribution in [3.05, 3.63) is 88.6 Å². The highest BCUT2D eigenvalue weighted by Gasteiger charge is 2.30. The smallest absolute Gasteiger partial charge is 0.388 e. The minimum absolute atomic E-state index is 0.0418. The number of amides is 1. The van der Waals surface area contributed by atoms with Crippen LogP contribution in [0, 0.1) is 5.92 Å². The third kappa shape index (κ3) is 6.99.